The maximum atomic E-state index is 11.1. The zero-order chi connectivity index (χ0) is 19.7. The van der Waals surface area contributed by atoms with Crippen molar-refractivity contribution in [1.82, 2.24) is 15.0 Å². The van der Waals surface area contributed by atoms with Crippen LogP contribution in [0.5, 0.6) is 5.75 Å². The van der Waals surface area contributed by atoms with E-state index in [-0.39, 0.29) is 25.4 Å². The van der Waals surface area contributed by atoms with Crippen molar-refractivity contribution in [2.75, 3.05) is 6.61 Å². The number of cyclic esters (lactones) is 1. The standard InChI is InChI=1S/C19H17N3O6/c23-15-6-5-11(10-27-8-7-16-17(24)18(25)19(26)28-16)9-14(15)22-20-12-3-1-2-4-13(12)21-22/h1-6,9,16,23-25H,7-8,10H2. The smallest absolute Gasteiger partial charge is 0.377 e. The first-order valence-electron chi connectivity index (χ1n) is 8.58. The van der Waals surface area contributed by atoms with Gasteiger partial charge in [-0.15, -0.1) is 15.0 Å². The summed E-state index contributed by atoms with van der Waals surface area (Å²) < 4.78 is 10.4. The fourth-order valence-corrected chi connectivity index (χ4v) is 2.86. The lowest BCUT2D eigenvalue weighted by atomic mass is 10.2. The molecule has 0 saturated carbocycles. The summed E-state index contributed by atoms with van der Waals surface area (Å²) in [7, 11) is 0. The Morgan fingerprint density at radius 1 is 1.07 bits per heavy atom. The van der Waals surface area contributed by atoms with Crippen molar-refractivity contribution >= 4 is 17.0 Å². The Labute approximate surface area is 159 Å². The Bertz CT molecular complexity index is 1040. The average Bonchev–Trinajstić information content (AvgIpc) is 3.23. The number of hydrogen-bond acceptors (Lipinski definition) is 8. The zero-order valence-corrected chi connectivity index (χ0v) is 14.6. The van der Waals surface area contributed by atoms with Gasteiger partial charge in [0.2, 0.25) is 5.76 Å². The van der Waals surface area contributed by atoms with E-state index in [2.05, 4.69) is 10.2 Å². The molecule has 28 heavy (non-hydrogen) atoms. The Kier molecular flexibility index (Phi) is 4.58. The molecule has 0 spiro atoms. The van der Waals surface area contributed by atoms with Crippen LogP contribution in [-0.2, 0) is 20.9 Å². The highest BCUT2D eigenvalue weighted by Crippen LogP contribution is 2.24. The van der Waals surface area contributed by atoms with Gasteiger partial charge in [0, 0.05) is 6.42 Å². The van der Waals surface area contributed by atoms with Crippen molar-refractivity contribution in [1.29, 1.82) is 0 Å². The molecular formula is C19H17N3O6. The first kappa shape index (κ1) is 17.8. The normalized spacial score (nSPS) is 16.7. The van der Waals surface area contributed by atoms with Crippen molar-refractivity contribution in [3.63, 3.8) is 0 Å². The van der Waals surface area contributed by atoms with E-state index in [1.54, 1.807) is 12.1 Å². The van der Waals surface area contributed by atoms with Gasteiger partial charge in [-0.3, -0.25) is 0 Å². The van der Waals surface area contributed by atoms with Crippen molar-refractivity contribution in [3.05, 3.63) is 59.5 Å². The number of aliphatic hydroxyl groups is 2. The summed E-state index contributed by atoms with van der Waals surface area (Å²) in [6, 6.07) is 12.3. The van der Waals surface area contributed by atoms with Gasteiger partial charge in [0.05, 0.1) is 13.2 Å². The maximum Gasteiger partial charge on any atom is 0.377 e. The number of phenols is 1. The van der Waals surface area contributed by atoms with Gasteiger partial charge in [-0.2, -0.15) is 0 Å². The number of ether oxygens (including phenoxy) is 2. The summed E-state index contributed by atoms with van der Waals surface area (Å²) in [4.78, 5) is 12.5. The second-order valence-corrected chi connectivity index (χ2v) is 6.27. The third-order valence-corrected chi connectivity index (χ3v) is 4.33. The molecule has 0 fully saturated rings. The first-order chi connectivity index (χ1) is 13.5. The summed E-state index contributed by atoms with van der Waals surface area (Å²) in [6.07, 6.45) is -0.692. The van der Waals surface area contributed by atoms with Crippen molar-refractivity contribution in [2.45, 2.75) is 19.1 Å². The molecule has 2 heterocycles. The van der Waals surface area contributed by atoms with Gasteiger partial charge in [0.1, 0.15) is 22.5 Å². The number of aromatic nitrogens is 3. The zero-order valence-electron chi connectivity index (χ0n) is 14.6. The monoisotopic (exact) mass is 383 g/mol. The molecule has 9 nitrogen and oxygen atoms in total. The van der Waals surface area contributed by atoms with E-state index in [1.165, 1.54) is 10.9 Å². The van der Waals surface area contributed by atoms with Gasteiger partial charge < -0.3 is 24.8 Å². The van der Waals surface area contributed by atoms with Crippen LogP contribution >= 0.6 is 0 Å². The quantitative estimate of drug-likeness (QED) is 0.437. The molecule has 0 saturated heterocycles. The van der Waals surface area contributed by atoms with E-state index in [9.17, 15) is 20.1 Å². The van der Waals surface area contributed by atoms with E-state index >= 15 is 0 Å². The van der Waals surface area contributed by atoms with Crippen LogP contribution in [0.3, 0.4) is 0 Å². The summed E-state index contributed by atoms with van der Waals surface area (Å²) in [5.74, 6) is -2.14. The Balaban J connectivity index is 1.41. The number of phenolic OH excluding ortho intramolecular Hbond substituents is 1. The van der Waals surface area contributed by atoms with Crippen LogP contribution in [0, 0.1) is 0 Å². The molecule has 1 aromatic heterocycles. The number of esters is 1. The van der Waals surface area contributed by atoms with Crippen molar-refractivity contribution in [2.24, 2.45) is 0 Å². The third-order valence-electron chi connectivity index (χ3n) is 4.33. The van der Waals surface area contributed by atoms with Crippen molar-refractivity contribution < 1.29 is 29.6 Å². The molecule has 144 valence electrons. The molecule has 4 rings (SSSR count). The Morgan fingerprint density at radius 2 is 1.79 bits per heavy atom. The van der Waals surface area contributed by atoms with Gasteiger partial charge >= 0.3 is 5.97 Å². The summed E-state index contributed by atoms with van der Waals surface area (Å²) in [5.41, 5.74) is 2.63. The largest absolute Gasteiger partial charge is 0.506 e. The van der Waals surface area contributed by atoms with Crippen LogP contribution < -0.4 is 0 Å². The molecule has 9 heteroatoms. The Hall–Kier alpha value is -3.59. The van der Waals surface area contributed by atoms with Gasteiger partial charge in [0.15, 0.2) is 11.9 Å². The summed E-state index contributed by atoms with van der Waals surface area (Å²) >= 11 is 0. The van der Waals surface area contributed by atoms with E-state index < -0.39 is 23.6 Å². The minimum Gasteiger partial charge on any atom is -0.506 e. The molecular weight excluding hydrogens is 366 g/mol. The lowest BCUT2D eigenvalue weighted by Gasteiger charge is -2.11. The molecule has 0 aliphatic carbocycles. The van der Waals surface area contributed by atoms with E-state index in [0.29, 0.717) is 16.7 Å². The maximum absolute atomic E-state index is 11.1. The number of aromatic hydroxyl groups is 1. The molecule has 1 aliphatic heterocycles. The average molecular weight is 383 g/mol. The molecule has 0 radical (unpaired) electrons. The number of benzene rings is 2. The molecule has 0 amide bonds. The van der Waals surface area contributed by atoms with E-state index in [4.69, 9.17) is 9.47 Å². The lowest BCUT2D eigenvalue weighted by Crippen LogP contribution is -2.14. The summed E-state index contributed by atoms with van der Waals surface area (Å²) in [6.45, 7) is 0.417. The van der Waals surface area contributed by atoms with Crippen LogP contribution in [0.4, 0.5) is 0 Å². The van der Waals surface area contributed by atoms with Crippen LogP contribution in [0.25, 0.3) is 16.7 Å². The molecule has 2 aromatic carbocycles. The number of aliphatic hydroxyl groups excluding tert-OH is 2. The summed E-state index contributed by atoms with van der Waals surface area (Å²) in [5, 5.41) is 37.7. The number of carbonyl (C=O) groups excluding carboxylic acids is 1. The molecule has 1 aliphatic rings. The molecule has 0 bridgehead atoms. The predicted molar refractivity (Wildman–Crippen MR) is 97.0 cm³/mol. The van der Waals surface area contributed by atoms with Gasteiger partial charge in [-0.05, 0) is 29.8 Å². The number of fused-ring (bicyclic) bond motifs is 1. The minimum atomic E-state index is -0.940. The SMILES string of the molecule is O=C1OC(CCOCc2ccc(O)c(-n3nc4ccccc4n3)c2)C(O)=C1O. The predicted octanol–water partition coefficient (Wildman–Crippen LogP) is 2.29. The first-order valence-corrected chi connectivity index (χ1v) is 8.58. The van der Waals surface area contributed by atoms with E-state index in [0.717, 1.165) is 5.56 Å². The highest BCUT2D eigenvalue weighted by Gasteiger charge is 2.33. The third kappa shape index (κ3) is 3.35. The second-order valence-electron chi connectivity index (χ2n) is 6.27. The molecule has 3 N–H and O–H groups in total. The number of nitrogens with zero attached hydrogens (tertiary/aromatic N) is 3. The molecule has 1 atom stereocenters. The van der Waals surface area contributed by atoms with Crippen LogP contribution in [0.15, 0.2) is 54.0 Å². The molecule has 3 aromatic rings. The highest BCUT2D eigenvalue weighted by atomic mass is 16.6. The van der Waals surface area contributed by atoms with Gasteiger partial charge in [-0.25, -0.2) is 4.79 Å². The van der Waals surface area contributed by atoms with Gasteiger partial charge in [-0.1, -0.05) is 18.2 Å². The number of carbonyl (C=O) groups is 1. The fourth-order valence-electron chi connectivity index (χ4n) is 2.86. The Morgan fingerprint density at radius 3 is 2.43 bits per heavy atom. The van der Waals surface area contributed by atoms with E-state index in [1.807, 2.05) is 24.3 Å². The fraction of sp³-hybridized carbons (Fsp3) is 0.211. The molecule has 1 unspecified atom stereocenters. The van der Waals surface area contributed by atoms with Crippen LogP contribution in [0.2, 0.25) is 0 Å². The topological polar surface area (TPSA) is 127 Å². The minimum absolute atomic E-state index is 0.0347. The van der Waals surface area contributed by atoms with Crippen LogP contribution in [0.1, 0.15) is 12.0 Å². The number of hydrogen-bond donors (Lipinski definition) is 3. The van der Waals surface area contributed by atoms with Crippen LogP contribution in [-0.4, -0.2) is 49.0 Å². The van der Waals surface area contributed by atoms with Gasteiger partial charge in [0.25, 0.3) is 0 Å². The highest BCUT2D eigenvalue weighted by molar-refractivity contribution is 5.88. The second kappa shape index (κ2) is 7.20. The number of rotatable bonds is 6. The van der Waals surface area contributed by atoms with Crippen molar-refractivity contribution in [3.8, 4) is 11.4 Å². The lowest BCUT2D eigenvalue weighted by molar-refractivity contribution is -0.143.